The molecule has 2 aromatic heterocycles. The SMILES string of the molecule is O=C(Cc1cn2cc(Cl)cc(Cl)c2n1)N1CCC(O)C(F)(F)CC1. The zero-order valence-corrected chi connectivity index (χ0v) is 14.1. The van der Waals surface area contributed by atoms with Crippen molar-refractivity contribution in [3.8, 4) is 0 Å². The molecule has 3 rings (SSSR count). The van der Waals surface area contributed by atoms with Crippen molar-refractivity contribution in [3.05, 3.63) is 34.2 Å². The topological polar surface area (TPSA) is 57.8 Å². The molecule has 0 spiro atoms. The first-order valence-electron chi connectivity index (χ1n) is 7.42. The third-order valence-electron chi connectivity index (χ3n) is 4.08. The van der Waals surface area contributed by atoms with Crippen LogP contribution in [0.2, 0.25) is 10.0 Å². The first-order valence-corrected chi connectivity index (χ1v) is 8.18. The van der Waals surface area contributed by atoms with Gasteiger partial charge in [-0.25, -0.2) is 13.8 Å². The van der Waals surface area contributed by atoms with Gasteiger partial charge in [-0.05, 0) is 12.5 Å². The summed E-state index contributed by atoms with van der Waals surface area (Å²) in [6.07, 6.45) is 0.806. The molecular formula is C15H15Cl2F2N3O2. The summed E-state index contributed by atoms with van der Waals surface area (Å²) in [5, 5.41) is 10.2. The maximum Gasteiger partial charge on any atom is 0.275 e. The number of hydrogen-bond donors (Lipinski definition) is 1. The van der Waals surface area contributed by atoms with Crippen molar-refractivity contribution in [2.75, 3.05) is 13.1 Å². The van der Waals surface area contributed by atoms with E-state index in [0.717, 1.165) is 0 Å². The lowest BCUT2D eigenvalue weighted by molar-refractivity contribution is -0.130. The van der Waals surface area contributed by atoms with E-state index in [2.05, 4.69) is 4.98 Å². The summed E-state index contributed by atoms with van der Waals surface area (Å²) in [5.41, 5.74) is 0.947. The lowest BCUT2D eigenvalue weighted by atomic mass is 10.1. The van der Waals surface area contributed by atoms with Crippen LogP contribution in [0.15, 0.2) is 18.5 Å². The van der Waals surface area contributed by atoms with Gasteiger partial charge in [-0.1, -0.05) is 23.2 Å². The summed E-state index contributed by atoms with van der Waals surface area (Å²) >= 11 is 12.0. The van der Waals surface area contributed by atoms with Crippen LogP contribution in [-0.2, 0) is 11.2 Å². The molecule has 24 heavy (non-hydrogen) atoms. The summed E-state index contributed by atoms with van der Waals surface area (Å²) in [5.74, 6) is -3.48. The number of hydrogen-bond acceptors (Lipinski definition) is 3. The molecule has 1 aliphatic heterocycles. The minimum atomic E-state index is -3.16. The maximum atomic E-state index is 13.5. The molecule has 1 N–H and O–H groups in total. The molecule has 130 valence electrons. The molecule has 3 heterocycles. The number of aromatic nitrogens is 2. The van der Waals surface area contributed by atoms with Gasteiger partial charge < -0.3 is 14.4 Å². The molecule has 2 aromatic rings. The fourth-order valence-electron chi connectivity index (χ4n) is 2.73. The zero-order chi connectivity index (χ0) is 17.5. The molecule has 0 bridgehead atoms. The van der Waals surface area contributed by atoms with Crippen LogP contribution in [-0.4, -0.2) is 50.4 Å². The van der Waals surface area contributed by atoms with E-state index < -0.39 is 18.4 Å². The number of amides is 1. The summed E-state index contributed by atoms with van der Waals surface area (Å²) in [6, 6.07) is 1.55. The lowest BCUT2D eigenvalue weighted by Gasteiger charge is -2.19. The molecule has 5 nitrogen and oxygen atoms in total. The number of halogens is 4. The van der Waals surface area contributed by atoms with E-state index in [1.54, 1.807) is 22.9 Å². The summed E-state index contributed by atoms with van der Waals surface area (Å²) in [6.45, 7) is -0.00159. The average Bonchev–Trinajstić information content (AvgIpc) is 2.83. The van der Waals surface area contributed by atoms with E-state index in [1.165, 1.54) is 4.90 Å². The number of fused-ring (bicyclic) bond motifs is 1. The summed E-state index contributed by atoms with van der Waals surface area (Å²) in [7, 11) is 0. The normalized spacial score (nSPS) is 21.0. The van der Waals surface area contributed by atoms with Crippen LogP contribution in [0.4, 0.5) is 8.78 Å². The monoisotopic (exact) mass is 377 g/mol. The maximum absolute atomic E-state index is 13.5. The van der Waals surface area contributed by atoms with E-state index in [4.69, 9.17) is 23.2 Å². The average molecular weight is 378 g/mol. The Kier molecular flexibility index (Phi) is 4.68. The molecule has 0 aliphatic carbocycles. The Hall–Kier alpha value is -1.44. The van der Waals surface area contributed by atoms with Crippen molar-refractivity contribution >= 4 is 34.8 Å². The van der Waals surface area contributed by atoms with Crippen LogP contribution < -0.4 is 0 Å². The largest absolute Gasteiger partial charge is 0.387 e. The van der Waals surface area contributed by atoms with Crippen molar-refractivity contribution in [3.63, 3.8) is 0 Å². The Morgan fingerprint density at radius 3 is 2.88 bits per heavy atom. The molecule has 0 radical (unpaired) electrons. The number of aliphatic hydroxyl groups is 1. The van der Waals surface area contributed by atoms with E-state index in [-0.39, 0.29) is 31.8 Å². The molecule has 1 amide bonds. The summed E-state index contributed by atoms with van der Waals surface area (Å²) < 4.78 is 28.6. The number of pyridine rings is 1. The molecule has 1 fully saturated rings. The van der Waals surface area contributed by atoms with Gasteiger partial charge in [0.25, 0.3) is 5.92 Å². The fourth-order valence-corrected chi connectivity index (χ4v) is 3.26. The highest BCUT2D eigenvalue weighted by molar-refractivity contribution is 6.36. The third kappa shape index (κ3) is 3.48. The van der Waals surface area contributed by atoms with Crippen molar-refractivity contribution in [1.82, 2.24) is 14.3 Å². The minimum absolute atomic E-state index is 0.0305. The van der Waals surface area contributed by atoms with Crippen molar-refractivity contribution in [1.29, 1.82) is 0 Å². The van der Waals surface area contributed by atoms with E-state index in [0.29, 0.717) is 21.4 Å². The molecule has 9 heteroatoms. The zero-order valence-electron chi connectivity index (χ0n) is 12.6. The van der Waals surface area contributed by atoms with Crippen LogP contribution >= 0.6 is 23.2 Å². The number of carbonyl (C=O) groups excluding carboxylic acids is 1. The summed E-state index contributed by atoms with van der Waals surface area (Å²) in [4.78, 5) is 18.0. The second kappa shape index (κ2) is 6.46. The van der Waals surface area contributed by atoms with Gasteiger partial charge in [0.2, 0.25) is 5.91 Å². The quantitative estimate of drug-likeness (QED) is 0.875. The van der Waals surface area contributed by atoms with Gasteiger partial charge in [0, 0.05) is 31.9 Å². The lowest BCUT2D eigenvalue weighted by Crippen LogP contribution is -2.34. The second-order valence-corrected chi connectivity index (χ2v) is 6.69. The molecule has 1 unspecified atom stereocenters. The first kappa shape index (κ1) is 17.4. The van der Waals surface area contributed by atoms with E-state index in [9.17, 15) is 18.7 Å². The third-order valence-corrected chi connectivity index (χ3v) is 4.57. The number of aliphatic hydroxyl groups excluding tert-OH is 1. The highest BCUT2D eigenvalue weighted by Gasteiger charge is 2.41. The van der Waals surface area contributed by atoms with Crippen molar-refractivity contribution in [2.45, 2.75) is 31.3 Å². The number of carbonyl (C=O) groups is 1. The van der Waals surface area contributed by atoms with E-state index in [1.807, 2.05) is 0 Å². The number of alkyl halides is 2. The second-order valence-electron chi connectivity index (χ2n) is 5.84. The Morgan fingerprint density at radius 2 is 2.12 bits per heavy atom. The Morgan fingerprint density at radius 1 is 1.38 bits per heavy atom. The Labute approximate surface area is 146 Å². The molecular weight excluding hydrogens is 363 g/mol. The fraction of sp³-hybridized carbons (Fsp3) is 0.467. The van der Waals surface area contributed by atoms with Gasteiger partial charge >= 0.3 is 0 Å². The molecule has 1 saturated heterocycles. The number of imidazole rings is 1. The van der Waals surface area contributed by atoms with Crippen LogP contribution in [0.25, 0.3) is 5.65 Å². The van der Waals surface area contributed by atoms with Gasteiger partial charge in [-0.3, -0.25) is 4.79 Å². The number of nitrogens with zero attached hydrogens (tertiary/aromatic N) is 3. The molecule has 1 atom stereocenters. The molecule has 0 aromatic carbocycles. The van der Waals surface area contributed by atoms with Gasteiger partial charge in [-0.15, -0.1) is 0 Å². The predicted molar refractivity (Wildman–Crippen MR) is 85.7 cm³/mol. The van der Waals surface area contributed by atoms with Crippen LogP contribution in [0, 0.1) is 0 Å². The number of likely N-dealkylation sites (tertiary alicyclic amines) is 1. The van der Waals surface area contributed by atoms with Crippen LogP contribution in [0.3, 0.4) is 0 Å². The first-order chi connectivity index (χ1) is 11.3. The predicted octanol–water partition coefficient (Wildman–Crippen LogP) is 2.80. The van der Waals surface area contributed by atoms with Gasteiger partial charge in [0.1, 0.15) is 6.10 Å². The van der Waals surface area contributed by atoms with Crippen molar-refractivity contribution < 1.29 is 18.7 Å². The van der Waals surface area contributed by atoms with Gasteiger partial charge in [-0.2, -0.15) is 0 Å². The van der Waals surface area contributed by atoms with Crippen LogP contribution in [0.5, 0.6) is 0 Å². The van der Waals surface area contributed by atoms with Crippen LogP contribution in [0.1, 0.15) is 18.5 Å². The molecule has 0 saturated carbocycles. The molecule has 1 aliphatic rings. The number of rotatable bonds is 2. The van der Waals surface area contributed by atoms with Gasteiger partial charge in [0.05, 0.1) is 22.2 Å². The minimum Gasteiger partial charge on any atom is -0.387 e. The highest BCUT2D eigenvalue weighted by Crippen LogP contribution is 2.28. The van der Waals surface area contributed by atoms with E-state index >= 15 is 0 Å². The highest BCUT2D eigenvalue weighted by atomic mass is 35.5. The van der Waals surface area contributed by atoms with Crippen molar-refractivity contribution in [2.24, 2.45) is 0 Å². The van der Waals surface area contributed by atoms with Gasteiger partial charge in [0.15, 0.2) is 5.65 Å². The standard InChI is InChI=1S/C15H15Cl2F2N3O2/c16-9-5-11(17)14-20-10(8-22(14)7-9)6-13(24)21-3-1-12(23)15(18,19)2-4-21/h5,7-8,12,23H,1-4,6H2. The smallest absolute Gasteiger partial charge is 0.275 e. The Bertz CT molecular complexity index is 781. The Balaban J connectivity index is 1.74.